The fraction of sp³-hybridized carbons (Fsp3) is 0.400. The molecule has 0 spiro atoms. The van der Waals surface area contributed by atoms with Crippen molar-refractivity contribution in [3.63, 3.8) is 0 Å². The van der Waals surface area contributed by atoms with Gasteiger partial charge >= 0.3 is 0 Å². The largest absolute Gasteiger partial charge is 0.296 e. The first-order chi connectivity index (χ1) is 7.20. The Balaban J connectivity index is 2.97. The number of para-hydroxylation sites is 1. The van der Waals surface area contributed by atoms with Gasteiger partial charge in [0.15, 0.2) is 0 Å². The fourth-order valence-electron chi connectivity index (χ4n) is 0.984. The Labute approximate surface area is 95.1 Å². The van der Waals surface area contributed by atoms with E-state index < -0.39 is 15.7 Å². The van der Waals surface area contributed by atoms with Crippen molar-refractivity contribution >= 4 is 15.8 Å². The molecule has 0 amide bonds. The Morgan fingerprint density at radius 2 is 1.81 bits per heavy atom. The van der Waals surface area contributed by atoms with Crippen LogP contribution >= 0.6 is 0 Å². The average Bonchev–Trinajstić information content (AvgIpc) is 2.12. The Bertz CT molecular complexity index is 462. The van der Waals surface area contributed by atoms with Crippen LogP contribution in [0.2, 0.25) is 0 Å². The predicted octanol–water partition coefficient (Wildman–Crippen LogP) is 2.08. The summed E-state index contributed by atoms with van der Waals surface area (Å²) in [6.45, 7) is 5.45. The van der Waals surface area contributed by atoms with E-state index in [1.807, 2.05) is 20.8 Å². The van der Waals surface area contributed by atoms with Crippen molar-refractivity contribution in [2.24, 2.45) is 0 Å². The summed E-state index contributed by atoms with van der Waals surface area (Å²) in [7, 11) is -4.24. The molecule has 0 bridgehead atoms. The summed E-state index contributed by atoms with van der Waals surface area (Å²) in [5.41, 5.74) is 2.26. The summed E-state index contributed by atoms with van der Waals surface area (Å²) in [5, 5.41) is 0. The van der Waals surface area contributed by atoms with E-state index in [2.05, 4.69) is 5.48 Å². The van der Waals surface area contributed by atoms with Crippen molar-refractivity contribution in [1.29, 1.82) is 0 Å². The van der Waals surface area contributed by atoms with Gasteiger partial charge in [-0.05, 0) is 32.9 Å². The monoisotopic (exact) mass is 245 g/mol. The molecule has 0 saturated heterocycles. The van der Waals surface area contributed by atoms with Crippen LogP contribution < -0.4 is 5.48 Å². The van der Waals surface area contributed by atoms with Gasteiger partial charge < -0.3 is 0 Å². The number of nitrogens with one attached hydrogen (secondary N) is 1. The van der Waals surface area contributed by atoms with Crippen molar-refractivity contribution < 1.29 is 17.8 Å². The second-order valence-corrected chi connectivity index (χ2v) is 5.68. The van der Waals surface area contributed by atoms with Crippen molar-refractivity contribution in [2.45, 2.75) is 31.3 Å². The number of benzene rings is 1. The lowest BCUT2D eigenvalue weighted by Crippen LogP contribution is -2.23. The summed E-state index contributed by atoms with van der Waals surface area (Å²) in [6, 6.07) is 5.97. The first kappa shape index (κ1) is 13.0. The summed E-state index contributed by atoms with van der Waals surface area (Å²) in [6.07, 6.45) is 0. The van der Waals surface area contributed by atoms with Crippen LogP contribution in [-0.2, 0) is 15.0 Å². The Hall–Kier alpha value is -1.11. The average molecular weight is 245 g/mol. The van der Waals surface area contributed by atoms with Gasteiger partial charge in [-0.3, -0.25) is 14.9 Å². The van der Waals surface area contributed by atoms with Gasteiger partial charge in [0, 0.05) is 0 Å². The van der Waals surface area contributed by atoms with E-state index in [0.717, 1.165) is 0 Å². The van der Waals surface area contributed by atoms with Crippen LogP contribution in [-0.4, -0.2) is 18.6 Å². The van der Waals surface area contributed by atoms with E-state index >= 15 is 0 Å². The molecule has 90 valence electrons. The molecule has 6 heteroatoms. The second-order valence-electron chi connectivity index (χ2n) is 4.29. The third-order valence-electron chi connectivity index (χ3n) is 1.63. The Morgan fingerprint density at radius 1 is 1.25 bits per heavy atom. The van der Waals surface area contributed by atoms with E-state index in [1.54, 1.807) is 6.07 Å². The van der Waals surface area contributed by atoms with Crippen molar-refractivity contribution in [3.05, 3.63) is 24.3 Å². The highest BCUT2D eigenvalue weighted by Crippen LogP contribution is 2.21. The first-order valence-corrected chi connectivity index (χ1v) is 6.15. The number of hydrogen-bond acceptors (Lipinski definition) is 4. The highest BCUT2D eigenvalue weighted by Gasteiger charge is 2.17. The van der Waals surface area contributed by atoms with Gasteiger partial charge in [0.05, 0.1) is 11.3 Å². The molecule has 0 aliphatic carbocycles. The minimum absolute atomic E-state index is 0.208. The first-order valence-electron chi connectivity index (χ1n) is 4.71. The third kappa shape index (κ3) is 3.80. The van der Waals surface area contributed by atoms with Gasteiger partial charge in [-0.15, -0.1) is 0 Å². The van der Waals surface area contributed by atoms with E-state index in [0.29, 0.717) is 0 Å². The smallest absolute Gasteiger partial charge is 0.282 e. The number of rotatable bonds is 3. The molecule has 5 nitrogen and oxygen atoms in total. The van der Waals surface area contributed by atoms with Crippen molar-refractivity contribution in [3.8, 4) is 0 Å². The van der Waals surface area contributed by atoms with Crippen LogP contribution in [0.5, 0.6) is 0 Å². The van der Waals surface area contributed by atoms with Crippen molar-refractivity contribution in [1.82, 2.24) is 0 Å². The maximum atomic E-state index is 11.0. The predicted molar refractivity (Wildman–Crippen MR) is 60.7 cm³/mol. The lowest BCUT2D eigenvalue weighted by Gasteiger charge is -2.20. The van der Waals surface area contributed by atoms with Gasteiger partial charge in [-0.2, -0.15) is 8.42 Å². The number of anilines is 1. The van der Waals surface area contributed by atoms with Crippen molar-refractivity contribution in [2.75, 3.05) is 5.48 Å². The van der Waals surface area contributed by atoms with Crippen LogP contribution in [0.25, 0.3) is 0 Å². The summed E-state index contributed by atoms with van der Waals surface area (Å²) in [5.74, 6) is 0. The maximum absolute atomic E-state index is 11.0. The van der Waals surface area contributed by atoms with Crippen LogP contribution in [0.1, 0.15) is 20.8 Å². The molecule has 16 heavy (non-hydrogen) atoms. The second kappa shape index (κ2) is 4.40. The normalized spacial score (nSPS) is 12.5. The van der Waals surface area contributed by atoms with E-state index in [1.165, 1.54) is 18.2 Å². The lowest BCUT2D eigenvalue weighted by atomic mass is 10.2. The zero-order valence-corrected chi connectivity index (χ0v) is 10.2. The number of hydrogen-bond donors (Lipinski definition) is 2. The molecule has 1 aromatic rings. The summed E-state index contributed by atoms with van der Waals surface area (Å²) >= 11 is 0. The SMILES string of the molecule is CC(C)(C)ONc1ccccc1S(=O)(=O)O. The molecule has 0 aliphatic heterocycles. The molecule has 0 saturated carbocycles. The van der Waals surface area contributed by atoms with Gasteiger partial charge in [-0.1, -0.05) is 12.1 Å². The van der Waals surface area contributed by atoms with Crippen LogP contribution in [0.3, 0.4) is 0 Å². The van der Waals surface area contributed by atoms with E-state index in [-0.39, 0.29) is 10.6 Å². The zero-order valence-electron chi connectivity index (χ0n) is 9.39. The Morgan fingerprint density at radius 3 is 2.31 bits per heavy atom. The van der Waals surface area contributed by atoms with E-state index in [9.17, 15) is 8.42 Å². The van der Waals surface area contributed by atoms with Crippen LogP contribution in [0, 0.1) is 0 Å². The summed E-state index contributed by atoms with van der Waals surface area (Å²) in [4.78, 5) is 5.02. The highest BCUT2D eigenvalue weighted by atomic mass is 32.2. The Kier molecular flexibility index (Phi) is 3.57. The minimum Gasteiger partial charge on any atom is -0.282 e. The molecule has 0 aromatic heterocycles. The van der Waals surface area contributed by atoms with Crippen LogP contribution in [0.4, 0.5) is 5.69 Å². The molecule has 2 N–H and O–H groups in total. The fourth-order valence-corrected chi connectivity index (χ4v) is 1.62. The molecule has 0 atom stereocenters. The molecular formula is C10H15NO4S. The quantitative estimate of drug-likeness (QED) is 0.630. The lowest BCUT2D eigenvalue weighted by molar-refractivity contribution is 0.0369. The molecule has 0 radical (unpaired) electrons. The molecular weight excluding hydrogens is 230 g/mol. The van der Waals surface area contributed by atoms with Gasteiger partial charge in [0.1, 0.15) is 4.90 Å². The van der Waals surface area contributed by atoms with Gasteiger partial charge in [0.25, 0.3) is 10.1 Å². The third-order valence-corrected chi connectivity index (χ3v) is 2.54. The van der Waals surface area contributed by atoms with Gasteiger partial charge in [0.2, 0.25) is 0 Å². The highest BCUT2D eigenvalue weighted by molar-refractivity contribution is 7.86. The molecule has 1 rings (SSSR count). The minimum atomic E-state index is -4.24. The molecule has 0 heterocycles. The van der Waals surface area contributed by atoms with Crippen LogP contribution in [0.15, 0.2) is 29.2 Å². The molecule has 0 unspecified atom stereocenters. The van der Waals surface area contributed by atoms with Gasteiger partial charge in [-0.25, -0.2) is 0 Å². The standard InChI is InChI=1S/C10H15NO4S/c1-10(2,3)15-11-8-6-4-5-7-9(8)16(12,13)14/h4-7,11H,1-3H3,(H,12,13,14). The summed E-state index contributed by atoms with van der Waals surface area (Å²) < 4.78 is 31.1. The zero-order chi connectivity index (χ0) is 12.4. The molecule has 0 aliphatic rings. The topological polar surface area (TPSA) is 75.6 Å². The maximum Gasteiger partial charge on any atom is 0.296 e. The molecule has 0 fully saturated rings. The molecule has 1 aromatic carbocycles. The van der Waals surface area contributed by atoms with E-state index in [4.69, 9.17) is 9.39 Å².